The molecule has 5 heteroatoms. The molecule has 0 heterocycles. The molecule has 0 aliphatic heterocycles. The van der Waals surface area contributed by atoms with Gasteiger partial charge in [-0.05, 0) is 92.9 Å². The molecule has 0 aromatic heterocycles. The van der Waals surface area contributed by atoms with Gasteiger partial charge in [0.15, 0.2) is 0 Å². The average molecular weight is 420 g/mol. The van der Waals surface area contributed by atoms with E-state index in [9.17, 15) is 4.79 Å². The smallest absolute Gasteiger partial charge is 0.255 e. The topological polar surface area (TPSA) is 56.8 Å². The third-order valence-electron chi connectivity index (χ3n) is 5.11. The molecule has 5 nitrogen and oxygen atoms in total. The molecule has 1 N–H and O–H groups in total. The van der Waals surface area contributed by atoms with Crippen LogP contribution in [0.5, 0.6) is 17.2 Å². The van der Waals surface area contributed by atoms with E-state index >= 15 is 0 Å². The van der Waals surface area contributed by atoms with Gasteiger partial charge in [0.1, 0.15) is 23.9 Å². The van der Waals surface area contributed by atoms with Crippen molar-refractivity contribution in [1.29, 1.82) is 0 Å². The van der Waals surface area contributed by atoms with Crippen molar-refractivity contribution in [3.63, 3.8) is 0 Å². The summed E-state index contributed by atoms with van der Waals surface area (Å²) in [6, 6.07) is 16.8. The first-order valence-corrected chi connectivity index (χ1v) is 10.3. The highest BCUT2D eigenvalue weighted by molar-refractivity contribution is 6.04. The molecule has 1 amide bonds. The minimum atomic E-state index is -0.198. The van der Waals surface area contributed by atoms with E-state index in [1.807, 2.05) is 51.1 Å². The summed E-state index contributed by atoms with van der Waals surface area (Å²) in [6.07, 6.45) is 0. The van der Waals surface area contributed by atoms with Crippen LogP contribution >= 0.6 is 0 Å². The molecule has 31 heavy (non-hydrogen) atoms. The summed E-state index contributed by atoms with van der Waals surface area (Å²) >= 11 is 0. The molecule has 0 saturated carbocycles. The third kappa shape index (κ3) is 5.57. The van der Waals surface area contributed by atoms with E-state index in [2.05, 4.69) is 18.3 Å². The number of rotatable bonds is 8. The van der Waals surface area contributed by atoms with Gasteiger partial charge in [-0.2, -0.15) is 0 Å². The maximum absolute atomic E-state index is 12.8. The van der Waals surface area contributed by atoms with Crippen molar-refractivity contribution in [2.45, 2.75) is 34.3 Å². The fourth-order valence-electron chi connectivity index (χ4n) is 3.34. The lowest BCUT2D eigenvalue weighted by Gasteiger charge is -2.15. The predicted molar refractivity (Wildman–Crippen MR) is 124 cm³/mol. The number of benzene rings is 3. The Kier molecular flexibility index (Phi) is 7.19. The van der Waals surface area contributed by atoms with Crippen LogP contribution in [0.1, 0.15) is 39.5 Å². The number of aryl methyl sites for hydroxylation is 2. The summed E-state index contributed by atoms with van der Waals surface area (Å²) < 4.78 is 17.0. The molecule has 3 rings (SSSR count). The molecule has 0 radical (unpaired) electrons. The summed E-state index contributed by atoms with van der Waals surface area (Å²) in [5.74, 6) is 2.09. The minimum Gasteiger partial charge on any atom is -0.496 e. The van der Waals surface area contributed by atoms with Crippen molar-refractivity contribution in [2.75, 3.05) is 19.0 Å². The van der Waals surface area contributed by atoms with Crippen molar-refractivity contribution in [3.05, 3.63) is 82.4 Å². The Morgan fingerprint density at radius 1 is 0.903 bits per heavy atom. The fraction of sp³-hybridized carbons (Fsp3) is 0.269. The van der Waals surface area contributed by atoms with Gasteiger partial charge in [-0.3, -0.25) is 4.79 Å². The van der Waals surface area contributed by atoms with Gasteiger partial charge >= 0.3 is 0 Å². The van der Waals surface area contributed by atoms with Crippen LogP contribution in [-0.4, -0.2) is 19.6 Å². The molecule has 0 atom stereocenters. The van der Waals surface area contributed by atoms with Crippen LogP contribution in [0, 0.1) is 20.8 Å². The van der Waals surface area contributed by atoms with E-state index in [-0.39, 0.29) is 5.91 Å². The molecule has 0 aliphatic carbocycles. The summed E-state index contributed by atoms with van der Waals surface area (Å²) in [5.41, 5.74) is 5.48. The molecular weight excluding hydrogens is 390 g/mol. The van der Waals surface area contributed by atoms with Gasteiger partial charge in [0.05, 0.1) is 13.7 Å². The van der Waals surface area contributed by atoms with E-state index in [4.69, 9.17) is 14.2 Å². The Balaban J connectivity index is 1.76. The Morgan fingerprint density at radius 2 is 1.65 bits per heavy atom. The minimum absolute atomic E-state index is 0.198. The number of methoxy groups -OCH3 is 1. The van der Waals surface area contributed by atoms with Gasteiger partial charge in [0, 0.05) is 16.8 Å². The highest BCUT2D eigenvalue weighted by atomic mass is 16.5. The number of carbonyl (C=O) groups is 1. The highest BCUT2D eigenvalue weighted by Crippen LogP contribution is 2.27. The molecule has 0 saturated heterocycles. The zero-order chi connectivity index (χ0) is 22.4. The zero-order valence-corrected chi connectivity index (χ0v) is 18.7. The number of nitrogens with one attached hydrogen (secondary N) is 1. The Bertz CT molecular complexity index is 1060. The quantitative estimate of drug-likeness (QED) is 0.498. The number of anilines is 1. The first kappa shape index (κ1) is 22.2. The van der Waals surface area contributed by atoms with Crippen LogP contribution in [0.2, 0.25) is 0 Å². The molecule has 0 aliphatic rings. The van der Waals surface area contributed by atoms with Crippen LogP contribution in [0.3, 0.4) is 0 Å². The SMILES string of the molecule is CCOc1ccc(NC(=O)c2ccc(OC)c(COc3cc(C)cc(C)c3C)c2)cc1. The predicted octanol–water partition coefficient (Wildman–Crippen LogP) is 5.85. The second-order valence-corrected chi connectivity index (χ2v) is 7.43. The van der Waals surface area contributed by atoms with Crippen molar-refractivity contribution >= 4 is 11.6 Å². The van der Waals surface area contributed by atoms with Crippen molar-refractivity contribution < 1.29 is 19.0 Å². The van der Waals surface area contributed by atoms with Crippen molar-refractivity contribution in [1.82, 2.24) is 0 Å². The van der Waals surface area contributed by atoms with Crippen molar-refractivity contribution in [3.8, 4) is 17.2 Å². The lowest BCUT2D eigenvalue weighted by Crippen LogP contribution is -2.13. The average Bonchev–Trinajstić information content (AvgIpc) is 2.76. The monoisotopic (exact) mass is 419 g/mol. The van der Waals surface area contributed by atoms with Gasteiger partial charge in [-0.25, -0.2) is 0 Å². The fourth-order valence-corrected chi connectivity index (χ4v) is 3.34. The van der Waals surface area contributed by atoms with E-state index in [0.717, 1.165) is 28.2 Å². The second-order valence-electron chi connectivity index (χ2n) is 7.43. The maximum Gasteiger partial charge on any atom is 0.255 e. The molecule has 0 bridgehead atoms. The van der Waals surface area contributed by atoms with Gasteiger partial charge < -0.3 is 19.5 Å². The number of carbonyl (C=O) groups excluding carboxylic acids is 1. The summed E-state index contributed by atoms with van der Waals surface area (Å²) in [4.78, 5) is 12.8. The van der Waals surface area contributed by atoms with Crippen LogP contribution in [-0.2, 0) is 6.61 Å². The highest BCUT2D eigenvalue weighted by Gasteiger charge is 2.13. The van der Waals surface area contributed by atoms with Crippen LogP contribution in [0.15, 0.2) is 54.6 Å². The molecule has 0 spiro atoms. The summed E-state index contributed by atoms with van der Waals surface area (Å²) in [5, 5.41) is 2.91. The van der Waals surface area contributed by atoms with E-state index in [1.54, 1.807) is 25.3 Å². The number of hydrogen-bond acceptors (Lipinski definition) is 4. The Hall–Kier alpha value is -3.47. The van der Waals surface area contributed by atoms with Gasteiger partial charge in [-0.1, -0.05) is 6.07 Å². The number of ether oxygens (including phenoxy) is 3. The number of amides is 1. The number of hydrogen-bond donors (Lipinski definition) is 1. The Morgan fingerprint density at radius 3 is 2.32 bits per heavy atom. The second kappa shape index (κ2) is 10.0. The zero-order valence-electron chi connectivity index (χ0n) is 18.7. The van der Waals surface area contributed by atoms with Gasteiger partial charge in [0.25, 0.3) is 5.91 Å². The van der Waals surface area contributed by atoms with Crippen LogP contribution in [0.25, 0.3) is 0 Å². The van der Waals surface area contributed by atoms with Crippen LogP contribution in [0.4, 0.5) is 5.69 Å². The lowest BCUT2D eigenvalue weighted by atomic mass is 10.1. The first-order chi connectivity index (χ1) is 14.9. The third-order valence-corrected chi connectivity index (χ3v) is 5.11. The van der Waals surface area contributed by atoms with E-state index in [0.29, 0.717) is 30.2 Å². The van der Waals surface area contributed by atoms with E-state index in [1.165, 1.54) is 5.56 Å². The molecule has 3 aromatic rings. The maximum atomic E-state index is 12.8. The van der Waals surface area contributed by atoms with E-state index < -0.39 is 0 Å². The molecule has 0 fully saturated rings. The lowest BCUT2D eigenvalue weighted by molar-refractivity contribution is 0.102. The van der Waals surface area contributed by atoms with Gasteiger partial charge in [-0.15, -0.1) is 0 Å². The largest absolute Gasteiger partial charge is 0.496 e. The summed E-state index contributed by atoms with van der Waals surface area (Å²) in [7, 11) is 1.61. The molecular formula is C26H29NO4. The molecule has 162 valence electrons. The van der Waals surface area contributed by atoms with Gasteiger partial charge in [0.2, 0.25) is 0 Å². The van der Waals surface area contributed by atoms with Crippen LogP contribution < -0.4 is 19.5 Å². The Labute approximate surface area is 184 Å². The standard InChI is InChI=1S/C26H29NO4/c1-6-30-23-10-8-22(9-11-23)27-26(28)20-7-12-24(29-5)21(15-20)16-31-25-14-17(2)13-18(3)19(25)4/h7-15H,6,16H2,1-5H3,(H,27,28). The first-order valence-electron chi connectivity index (χ1n) is 10.3. The van der Waals surface area contributed by atoms with Crippen molar-refractivity contribution in [2.24, 2.45) is 0 Å². The molecule has 0 unspecified atom stereocenters. The molecule has 3 aromatic carbocycles. The summed E-state index contributed by atoms with van der Waals surface area (Å²) in [6.45, 7) is 9.00. The normalized spacial score (nSPS) is 10.5.